The number of nitrogens with zero attached hydrogens (tertiary/aromatic N) is 4. The van der Waals surface area contributed by atoms with E-state index in [1.807, 2.05) is 6.07 Å². The topological polar surface area (TPSA) is 35.6 Å². The number of para-hydroxylation sites is 3. The molecule has 3 heterocycles. The van der Waals surface area contributed by atoms with Crippen LogP contribution in [0.4, 0.5) is 0 Å². The average Bonchev–Trinajstić information content (AvgIpc) is 3.77. The molecule has 4 nitrogen and oxygen atoms in total. The van der Waals surface area contributed by atoms with Gasteiger partial charge in [-0.25, -0.2) is 9.97 Å². The summed E-state index contributed by atoms with van der Waals surface area (Å²) in [6.45, 7) is 0. The van der Waals surface area contributed by atoms with Gasteiger partial charge in [-0.05, 0) is 75.6 Å². The number of fused-ring (bicyclic) bond motifs is 9. The summed E-state index contributed by atoms with van der Waals surface area (Å²) in [5.41, 5.74) is 10.9. The van der Waals surface area contributed by atoms with Crippen LogP contribution in [0.15, 0.2) is 194 Å². The molecule has 0 aliphatic heterocycles. The van der Waals surface area contributed by atoms with Crippen molar-refractivity contribution in [3.05, 3.63) is 194 Å². The summed E-state index contributed by atoms with van der Waals surface area (Å²) in [7, 11) is 0. The summed E-state index contributed by atoms with van der Waals surface area (Å²) in [6, 6.07) is 69.7. The van der Waals surface area contributed by atoms with Crippen LogP contribution in [0.3, 0.4) is 0 Å². The largest absolute Gasteiger partial charge is 0.309 e. The van der Waals surface area contributed by atoms with Crippen LogP contribution in [0.5, 0.6) is 0 Å². The molecular formula is C52H32N4. The van der Waals surface area contributed by atoms with Gasteiger partial charge in [0, 0.05) is 43.7 Å². The highest BCUT2D eigenvalue weighted by Crippen LogP contribution is 2.44. The monoisotopic (exact) mass is 712 g/mol. The lowest BCUT2D eigenvalue weighted by molar-refractivity contribution is 1.01. The molecule has 56 heavy (non-hydrogen) atoms. The standard InChI is InChI=1S/C52H32N4/c1-2-15-34(16-3-1)50-42-22-8-11-23-45(42)53-52(54-50)56-47-25-13-10-21-41(47)44-31-36-18-6-7-19-39(36)49(51(44)56)37-27-29-48-43(32-37)40-20-9-12-24-46(40)55(48)38-28-26-33-14-4-5-17-35(33)30-38/h1-32H. The Balaban J connectivity index is 1.19. The lowest BCUT2D eigenvalue weighted by atomic mass is 9.94. The van der Waals surface area contributed by atoms with Gasteiger partial charge >= 0.3 is 0 Å². The average molecular weight is 713 g/mol. The van der Waals surface area contributed by atoms with E-state index < -0.39 is 0 Å². The van der Waals surface area contributed by atoms with Crippen LogP contribution < -0.4 is 0 Å². The molecule has 12 aromatic rings. The molecule has 0 N–H and O–H groups in total. The Morgan fingerprint density at radius 3 is 1.79 bits per heavy atom. The first-order valence-electron chi connectivity index (χ1n) is 19.1. The molecule has 0 saturated heterocycles. The molecule has 260 valence electrons. The van der Waals surface area contributed by atoms with Gasteiger partial charge in [0.2, 0.25) is 5.95 Å². The van der Waals surface area contributed by atoms with Gasteiger partial charge in [-0.15, -0.1) is 0 Å². The van der Waals surface area contributed by atoms with Gasteiger partial charge in [-0.3, -0.25) is 4.57 Å². The highest BCUT2D eigenvalue weighted by atomic mass is 15.2. The first-order valence-corrected chi connectivity index (χ1v) is 19.1. The normalized spacial score (nSPS) is 11.9. The first kappa shape index (κ1) is 30.9. The van der Waals surface area contributed by atoms with Crippen LogP contribution >= 0.6 is 0 Å². The van der Waals surface area contributed by atoms with Crippen LogP contribution in [0, 0.1) is 0 Å². The Hall–Kier alpha value is -7.56. The zero-order chi connectivity index (χ0) is 36.7. The molecule has 4 heteroatoms. The summed E-state index contributed by atoms with van der Waals surface area (Å²) >= 11 is 0. The Kier molecular flexibility index (Phi) is 6.60. The molecule has 0 spiro atoms. The molecule has 0 bridgehead atoms. The number of benzene rings is 9. The SMILES string of the molecule is c1ccc(-c2nc(-n3c4ccccc4c4cc5ccccc5c(-c5ccc6c(c5)c5ccccc5n6-c5ccc6ccccc6c5)c43)nc3ccccc23)cc1. The van der Waals surface area contributed by atoms with Crippen LogP contribution in [-0.4, -0.2) is 19.1 Å². The summed E-state index contributed by atoms with van der Waals surface area (Å²) in [6.07, 6.45) is 0. The molecule has 0 fully saturated rings. The van der Waals surface area contributed by atoms with Crippen molar-refractivity contribution in [2.24, 2.45) is 0 Å². The molecule has 9 aromatic carbocycles. The Morgan fingerprint density at radius 1 is 0.339 bits per heavy atom. The van der Waals surface area contributed by atoms with Crippen molar-refractivity contribution in [3.63, 3.8) is 0 Å². The highest BCUT2D eigenvalue weighted by molar-refractivity contribution is 6.22. The van der Waals surface area contributed by atoms with Gasteiger partial charge in [0.1, 0.15) is 0 Å². The molecule has 0 saturated carbocycles. The number of hydrogen-bond donors (Lipinski definition) is 0. The third-order valence-electron chi connectivity index (χ3n) is 11.5. The quantitative estimate of drug-likeness (QED) is 0.182. The van der Waals surface area contributed by atoms with Gasteiger partial charge in [-0.1, -0.05) is 146 Å². The van der Waals surface area contributed by atoms with Crippen molar-refractivity contribution in [2.45, 2.75) is 0 Å². The molecule has 0 radical (unpaired) electrons. The molecule has 0 aliphatic rings. The van der Waals surface area contributed by atoms with Gasteiger partial charge in [0.05, 0.1) is 33.3 Å². The van der Waals surface area contributed by atoms with Gasteiger partial charge in [-0.2, -0.15) is 0 Å². The maximum Gasteiger partial charge on any atom is 0.235 e. The first-order chi connectivity index (χ1) is 27.8. The molecule has 3 aromatic heterocycles. The van der Waals surface area contributed by atoms with E-state index in [9.17, 15) is 0 Å². The predicted molar refractivity (Wildman–Crippen MR) is 234 cm³/mol. The number of hydrogen-bond acceptors (Lipinski definition) is 2. The Morgan fingerprint density at radius 2 is 0.964 bits per heavy atom. The van der Waals surface area contributed by atoms with E-state index in [-0.39, 0.29) is 0 Å². The second-order valence-electron chi connectivity index (χ2n) is 14.6. The minimum Gasteiger partial charge on any atom is -0.309 e. The summed E-state index contributed by atoms with van der Waals surface area (Å²) < 4.78 is 4.71. The lowest BCUT2D eigenvalue weighted by Gasteiger charge is -2.15. The van der Waals surface area contributed by atoms with Gasteiger partial charge in [0.25, 0.3) is 0 Å². The van der Waals surface area contributed by atoms with E-state index in [4.69, 9.17) is 9.97 Å². The summed E-state index contributed by atoms with van der Waals surface area (Å²) in [5, 5.41) is 10.6. The van der Waals surface area contributed by atoms with Crippen LogP contribution in [0.1, 0.15) is 0 Å². The van der Waals surface area contributed by atoms with E-state index in [0.717, 1.165) is 50.0 Å². The number of rotatable bonds is 4. The van der Waals surface area contributed by atoms with Crippen LogP contribution in [-0.2, 0) is 0 Å². The third kappa shape index (κ3) is 4.53. The van der Waals surface area contributed by atoms with E-state index in [0.29, 0.717) is 5.95 Å². The van der Waals surface area contributed by atoms with Gasteiger partial charge in [0.15, 0.2) is 0 Å². The van der Waals surface area contributed by atoms with Crippen molar-refractivity contribution in [2.75, 3.05) is 0 Å². The maximum absolute atomic E-state index is 5.43. The van der Waals surface area contributed by atoms with E-state index in [1.165, 1.54) is 54.1 Å². The summed E-state index contributed by atoms with van der Waals surface area (Å²) in [4.78, 5) is 10.7. The molecular weight excluding hydrogens is 681 g/mol. The van der Waals surface area contributed by atoms with Crippen molar-refractivity contribution >= 4 is 76.1 Å². The Bertz CT molecular complexity index is 3540. The maximum atomic E-state index is 5.43. The van der Waals surface area contributed by atoms with Crippen molar-refractivity contribution in [1.82, 2.24) is 19.1 Å². The van der Waals surface area contributed by atoms with E-state index in [2.05, 4.69) is 197 Å². The molecule has 12 rings (SSSR count). The van der Waals surface area contributed by atoms with Crippen LogP contribution in [0.2, 0.25) is 0 Å². The second kappa shape index (κ2) is 12.0. The second-order valence-corrected chi connectivity index (χ2v) is 14.6. The van der Waals surface area contributed by atoms with Crippen molar-refractivity contribution in [1.29, 1.82) is 0 Å². The predicted octanol–water partition coefficient (Wildman–Crippen LogP) is 13.5. The Labute approximate surface area is 322 Å². The molecule has 0 atom stereocenters. The lowest BCUT2D eigenvalue weighted by Crippen LogP contribution is -2.04. The zero-order valence-electron chi connectivity index (χ0n) is 30.3. The van der Waals surface area contributed by atoms with Crippen molar-refractivity contribution < 1.29 is 0 Å². The fourth-order valence-corrected chi connectivity index (χ4v) is 8.99. The zero-order valence-corrected chi connectivity index (χ0v) is 30.3. The molecule has 0 amide bonds. The minimum absolute atomic E-state index is 0.652. The third-order valence-corrected chi connectivity index (χ3v) is 11.5. The smallest absolute Gasteiger partial charge is 0.235 e. The van der Waals surface area contributed by atoms with Crippen LogP contribution in [0.25, 0.3) is 110 Å². The van der Waals surface area contributed by atoms with E-state index in [1.54, 1.807) is 0 Å². The van der Waals surface area contributed by atoms with Crippen molar-refractivity contribution in [3.8, 4) is 34.0 Å². The molecule has 0 aliphatic carbocycles. The fraction of sp³-hybridized carbons (Fsp3) is 0. The van der Waals surface area contributed by atoms with E-state index >= 15 is 0 Å². The van der Waals surface area contributed by atoms with Gasteiger partial charge < -0.3 is 4.57 Å². The summed E-state index contributed by atoms with van der Waals surface area (Å²) in [5.74, 6) is 0.652. The number of aromatic nitrogens is 4. The fourth-order valence-electron chi connectivity index (χ4n) is 8.99. The molecule has 0 unspecified atom stereocenters. The minimum atomic E-state index is 0.652. The highest BCUT2D eigenvalue weighted by Gasteiger charge is 2.23.